The minimum Gasteiger partial charge on any atom is -0.493 e. The van der Waals surface area contributed by atoms with Crippen LogP contribution in [-0.2, 0) is 20.8 Å². The third-order valence-electron chi connectivity index (χ3n) is 6.54. The average molecular weight is 495 g/mol. The lowest BCUT2D eigenvalue weighted by molar-refractivity contribution is 0.0401. The molecule has 1 amide bonds. The standard InChI is InChI=1S/C27H30N2O7/c1-31-9-10-33-21-7-8-28-22(13-21)27(30)29-14-20(15-29)19-4-6-23(25(12-19)32-2)34-16-18-3-5-24-26(11-18)36-17-35-24/h3,5-8,11-13,19-20H,4,9-10,14-17H2,1-2H3/t19-/m0/s1. The van der Waals surface area contributed by atoms with Gasteiger partial charge in [-0.15, -0.1) is 0 Å². The predicted molar refractivity (Wildman–Crippen MR) is 130 cm³/mol. The van der Waals surface area contributed by atoms with Crippen LogP contribution in [0.4, 0.5) is 0 Å². The molecule has 190 valence electrons. The first-order chi connectivity index (χ1) is 17.6. The molecule has 0 saturated carbocycles. The third kappa shape index (κ3) is 5.26. The number of allylic oxidation sites excluding steroid dienone is 2. The lowest BCUT2D eigenvalue weighted by Crippen LogP contribution is -2.52. The van der Waals surface area contributed by atoms with Crippen LogP contribution in [0.15, 0.2) is 60.2 Å². The van der Waals surface area contributed by atoms with Gasteiger partial charge in [-0.2, -0.15) is 0 Å². The summed E-state index contributed by atoms with van der Waals surface area (Å²) in [5, 5.41) is 0. The maximum atomic E-state index is 12.9. The molecule has 1 atom stereocenters. The number of nitrogens with zero attached hydrogens (tertiary/aromatic N) is 2. The summed E-state index contributed by atoms with van der Waals surface area (Å²) >= 11 is 0. The lowest BCUT2D eigenvalue weighted by Gasteiger charge is -2.43. The molecule has 3 aliphatic rings. The number of hydrogen-bond donors (Lipinski definition) is 0. The molecule has 1 aromatic carbocycles. The van der Waals surface area contributed by atoms with Gasteiger partial charge in [-0.05, 0) is 48.3 Å². The SMILES string of the molecule is COCCOc1ccnc(C(=O)N2CC([C@@H]3C=C(OC)C(OCc4ccc5c(c4)OCO5)=CC3)C2)c1. The smallest absolute Gasteiger partial charge is 0.272 e. The minimum absolute atomic E-state index is 0.0847. The van der Waals surface area contributed by atoms with E-state index in [2.05, 4.69) is 17.1 Å². The van der Waals surface area contributed by atoms with Crippen LogP contribution in [-0.4, -0.2) is 63.1 Å². The van der Waals surface area contributed by atoms with Gasteiger partial charge in [0.2, 0.25) is 6.79 Å². The first kappa shape index (κ1) is 24.0. The van der Waals surface area contributed by atoms with Crippen molar-refractivity contribution in [1.29, 1.82) is 0 Å². The van der Waals surface area contributed by atoms with Crippen molar-refractivity contribution in [3.05, 3.63) is 71.5 Å². The first-order valence-electron chi connectivity index (χ1n) is 12.0. The van der Waals surface area contributed by atoms with Crippen LogP contribution < -0.4 is 14.2 Å². The lowest BCUT2D eigenvalue weighted by atomic mass is 9.81. The maximum Gasteiger partial charge on any atom is 0.272 e. The molecule has 9 heteroatoms. The second-order valence-electron chi connectivity index (χ2n) is 8.87. The molecule has 0 N–H and O–H groups in total. The Morgan fingerprint density at radius 1 is 1.06 bits per heavy atom. The van der Waals surface area contributed by atoms with Crippen molar-refractivity contribution in [3.8, 4) is 17.2 Å². The summed E-state index contributed by atoms with van der Waals surface area (Å²) in [4.78, 5) is 18.9. The number of pyridine rings is 1. The van der Waals surface area contributed by atoms with E-state index in [9.17, 15) is 4.79 Å². The summed E-state index contributed by atoms with van der Waals surface area (Å²) in [6.07, 6.45) is 6.61. The number of rotatable bonds is 10. The molecular weight excluding hydrogens is 464 g/mol. The minimum atomic E-state index is -0.0847. The van der Waals surface area contributed by atoms with E-state index in [0.717, 1.165) is 35.0 Å². The fourth-order valence-electron chi connectivity index (χ4n) is 4.48. The van der Waals surface area contributed by atoms with Crippen LogP contribution in [0.1, 0.15) is 22.5 Å². The monoisotopic (exact) mass is 494 g/mol. The van der Waals surface area contributed by atoms with E-state index < -0.39 is 0 Å². The highest BCUT2D eigenvalue weighted by atomic mass is 16.7. The Hall–Kier alpha value is -3.72. The van der Waals surface area contributed by atoms with E-state index in [-0.39, 0.29) is 18.6 Å². The van der Waals surface area contributed by atoms with Gasteiger partial charge >= 0.3 is 0 Å². The summed E-state index contributed by atoms with van der Waals surface area (Å²) in [6, 6.07) is 9.21. The number of carbonyl (C=O) groups is 1. The second kappa shape index (κ2) is 10.9. The first-order valence-corrected chi connectivity index (χ1v) is 12.0. The predicted octanol–water partition coefficient (Wildman–Crippen LogP) is 3.56. The Labute approximate surface area is 210 Å². The zero-order chi connectivity index (χ0) is 24.9. The third-order valence-corrected chi connectivity index (χ3v) is 6.54. The molecule has 5 rings (SSSR count). The fourth-order valence-corrected chi connectivity index (χ4v) is 4.48. The van der Waals surface area contributed by atoms with Crippen LogP contribution in [0.5, 0.6) is 17.2 Å². The van der Waals surface area contributed by atoms with Gasteiger partial charge in [0.1, 0.15) is 24.7 Å². The van der Waals surface area contributed by atoms with Gasteiger partial charge < -0.3 is 33.3 Å². The van der Waals surface area contributed by atoms with Gasteiger partial charge in [-0.1, -0.05) is 6.07 Å². The van der Waals surface area contributed by atoms with Crippen molar-refractivity contribution in [2.45, 2.75) is 13.0 Å². The molecule has 36 heavy (non-hydrogen) atoms. The number of carbonyl (C=O) groups excluding carboxylic acids is 1. The molecule has 0 spiro atoms. The molecule has 1 fully saturated rings. The number of amides is 1. The highest BCUT2D eigenvalue weighted by Gasteiger charge is 2.37. The highest BCUT2D eigenvalue weighted by molar-refractivity contribution is 5.93. The molecule has 1 aromatic heterocycles. The zero-order valence-corrected chi connectivity index (χ0v) is 20.5. The Morgan fingerprint density at radius 3 is 2.75 bits per heavy atom. The molecule has 2 aromatic rings. The highest BCUT2D eigenvalue weighted by Crippen LogP contribution is 2.36. The average Bonchev–Trinajstić information content (AvgIpc) is 3.35. The normalized spacial score (nSPS) is 18.7. The van der Waals surface area contributed by atoms with Gasteiger partial charge in [0.05, 0.1) is 13.7 Å². The molecule has 0 radical (unpaired) electrons. The van der Waals surface area contributed by atoms with Crippen LogP contribution in [0.2, 0.25) is 0 Å². The molecule has 3 heterocycles. The van der Waals surface area contributed by atoms with Crippen molar-refractivity contribution in [2.75, 3.05) is 47.3 Å². The molecular formula is C27H30N2O7. The largest absolute Gasteiger partial charge is 0.493 e. The van der Waals surface area contributed by atoms with Crippen LogP contribution in [0.25, 0.3) is 0 Å². The van der Waals surface area contributed by atoms with Gasteiger partial charge in [-0.3, -0.25) is 9.78 Å². The molecule has 0 bridgehead atoms. The number of benzene rings is 1. The molecule has 1 saturated heterocycles. The van der Waals surface area contributed by atoms with Crippen molar-refractivity contribution in [3.63, 3.8) is 0 Å². The zero-order valence-electron chi connectivity index (χ0n) is 20.5. The van der Waals surface area contributed by atoms with Gasteiger partial charge in [0, 0.05) is 38.4 Å². The molecule has 1 aliphatic carbocycles. The van der Waals surface area contributed by atoms with E-state index >= 15 is 0 Å². The summed E-state index contributed by atoms with van der Waals surface area (Å²) in [5.41, 5.74) is 1.38. The van der Waals surface area contributed by atoms with Crippen LogP contribution >= 0.6 is 0 Å². The number of likely N-dealkylation sites (tertiary alicyclic amines) is 1. The Bertz CT molecular complexity index is 1160. The number of methoxy groups -OCH3 is 2. The summed E-state index contributed by atoms with van der Waals surface area (Å²) in [5.74, 6) is 4.10. The number of aromatic nitrogens is 1. The van der Waals surface area contributed by atoms with E-state index in [1.807, 2.05) is 23.1 Å². The maximum absolute atomic E-state index is 12.9. The van der Waals surface area contributed by atoms with Gasteiger partial charge in [-0.25, -0.2) is 0 Å². The van der Waals surface area contributed by atoms with E-state index in [4.69, 9.17) is 28.4 Å². The quantitative estimate of drug-likeness (QED) is 0.464. The Kier molecular flexibility index (Phi) is 7.27. The van der Waals surface area contributed by atoms with Crippen molar-refractivity contribution >= 4 is 5.91 Å². The summed E-state index contributed by atoms with van der Waals surface area (Å²) < 4.78 is 33.1. The topological polar surface area (TPSA) is 88.6 Å². The van der Waals surface area contributed by atoms with Gasteiger partial charge in [0.15, 0.2) is 23.0 Å². The molecule has 9 nitrogen and oxygen atoms in total. The van der Waals surface area contributed by atoms with Crippen LogP contribution in [0.3, 0.4) is 0 Å². The Morgan fingerprint density at radius 2 is 1.92 bits per heavy atom. The van der Waals surface area contributed by atoms with Crippen molar-refractivity contribution in [2.24, 2.45) is 11.8 Å². The second-order valence-corrected chi connectivity index (χ2v) is 8.87. The molecule has 2 aliphatic heterocycles. The fraction of sp³-hybridized carbons (Fsp3) is 0.407. The number of hydrogen-bond acceptors (Lipinski definition) is 8. The van der Waals surface area contributed by atoms with Gasteiger partial charge in [0.25, 0.3) is 5.91 Å². The van der Waals surface area contributed by atoms with Crippen molar-refractivity contribution in [1.82, 2.24) is 9.88 Å². The summed E-state index contributed by atoms with van der Waals surface area (Å²) in [7, 11) is 3.27. The van der Waals surface area contributed by atoms with E-state index in [0.29, 0.717) is 50.3 Å². The van der Waals surface area contributed by atoms with Crippen LogP contribution in [0, 0.1) is 11.8 Å². The number of ether oxygens (including phenoxy) is 6. The number of fused-ring (bicyclic) bond motifs is 1. The molecule has 0 unspecified atom stereocenters. The summed E-state index contributed by atoms with van der Waals surface area (Å²) in [6.45, 7) is 2.91. The van der Waals surface area contributed by atoms with E-state index in [1.165, 1.54) is 0 Å². The Balaban J connectivity index is 1.13. The van der Waals surface area contributed by atoms with E-state index in [1.54, 1.807) is 32.5 Å². The van der Waals surface area contributed by atoms with Crippen molar-refractivity contribution < 1.29 is 33.2 Å².